The lowest BCUT2D eigenvalue weighted by atomic mass is 10.2. The second-order valence-corrected chi connectivity index (χ2v) is 5.13. The first-order valence-corrected chi connectivity index (χ1v) is 7.25. The molecule has 0 bridgehead atoms. The Balaban J connectivity index is 1.88. The summed E-state index contributed by atoms with van der Waals surface area (Å²) >= 11 is 0. The van der Waals surface area contributed by atoms with E-state index in [0.717, 1.165) is 5.69 Å². The molecule has 0 spiro atoms. The molecule has 1 saturated heterocycles. The maximum Gasteiger partial charge on any atom is 0.271 e. The molecular weight excluding hydrogens is 302 g/mol. The number of piperazine rings is 1. The zero-order valence-electron chi connectivity index (χ0n) is 12.6. The second-order valence-electron chi connectivity index (χ2n) is 5.13. The Morgan fingerprint density at radius 3 is 2.57 bits per heavy atom. The predicted octanol–water partition coefficient (Wildman–Crippen LogP) is -0.682. The number of carbonyl (C=O) groups excluding carboxylic acids is 2. The standard InChI is InChI=1S/C14H19N5O4/c15-9-13(20)16-10-14(21)18-6-4-17(5-7-18)11-2-1-3-12(8-11)19(22)23/h1-3,8H,4-7,9-10,15H2,(H,16,20). The lowest BCUT2D eigenvalue weighted by Gasteiger charge is -2.36. The van der Waals surface area contributed by atoms with Crippen LogP contribution >= 0.6 is 0 Å². The number of rotatable bonds is 5. The van der Waals surface area contributed by atoms with Gasteiger partial charge in [0.25, 0.3) is 5.69 Å². The maximum atomic E-state index is 12.0. The summed E-state index contributed by atoms with van der Waals surface area (Å²) in [5.74, 6) is -0.529. The first-order chi connectivity index (χ1) is 11.0. The number of amides is 2. The van der Waals surface area contributed by atoms with E-state index >= 15 is 0 Å². The largest absolute Gasteiger partial charge is 0.368 e. The maximum absolute atomic E-state index is 12.0. The minimum Gasteiger partial charge on any atom is -0.368 e. The van der Waals surface area contributed by atoms with Gasteiger partial charge in [0, 0.05) is 44.0 Å². The van der Waals surface area contributed by atoms with Gasteiger partial charge in [-0.1, -0.05) is 6.07 Å². The number of nitrogens with one attached hydrogen (secondary N) is 1. The van der Waals surface area contributed by atoms with Crippen LogP contribution in [0.3, 0.4) is 0 Å². The minimum atomic E-state index is -0.427. The summed E-state index contributed by atoms with van der Waals surface area (Å²) in [6.45, 7) is 1.95. The number of anilines is 1. The number of carbonyl (C=O) groups is 2. The third kappa shape index (κ3) is 4.39. The van der Waals surface area contributed by atoms with Crippen LogP contribution in [0.2, 0.25) is 0 Å². The first-order valence-electron chi connectivity index (χ1n) is 7.25. The number of benzene rings is 1. The van der Waals surface area contributed by atoms with E-state index in [-0.39, 0.29) is 30.6 Å². The van der Waals surface area contributed by atoms with Crippen molar-refractivity contribution >= 4 is 23.2 Å². The average Bonchev–Trinajstić information content (AvgIpc) is 2.59. The molecule has 1 aromatic rings. The fourth-order valence-corrected chi connectivity index (χ4v) is 2.38. The molecule has 0 atom stereocenters. The van der Waals surface area contributed by atoms with Gasteiger partial charge in [-0.15, -0.1) is 0 Å². The Kier molecular flexibility index (Phi) is 5.47. The first kappa shape index (κ1) is 16.7. The summed E-state index contributed by atoms with van der Waals surface area (Å²) < 4.78 is 0. The van der Waals surface area contributed by atoms with Crippen molar-refractivity contribution in [3.63, 3.8) is 0 Å². The number of nitrogens with zero attached hydrogens (tertiary/aromatic N) is 3. The highest BCUT2D eigenvalue weighted by molar-refractivity contribution is 5.85. The Bertz CT molecular complexity index is 599. The molecule has 2 amide bonds. The van der Waals surface area contributed by atoms with Crippen LogP contribution in [0.5, 0.6) is 0 Å². The fourth-order valence-electron chi connectivity index (χ4n) is 2.38. The minimum absolute atomic E-state index is 0.0468. The molecule has 0 unspecified atom stereocenters. The van der Waals surface area contributed by atoms with Gasteiger partial charge in [0.05, 0.1) is 18.0 Å². The highest BCUT2D eigenvalue weighted by atomic mass is 16.6. The zero-order chi connectivity index (χ0) is 16.8. The molecule has 1 aliphatic rings. The number of hydrogen-bond acceptors (Lipinski definition) is 6. The van der Waals surface area contributed by atoms with Gasteiger partial charge < -0.3 is 20.9 Å². The van der Waals surface area contributed by atoms with Crippen molar-refractivity contribution in [1.29, 1.82) is 0 Å². The molecule has 23 heavy (non-hydrogen) atoms. The molecule has 0 radical (unpaired) electrons. The molecule has 9 heteroatoms. The highest BCUT2D eigenvalue weighted by Gasteiger charge is 2.22. The van der Waals surface area contributed by atoms with Gasteiger partial charge in [0.2, 0.25) is 11.8 Å². The fraction of sp³-hybridized carbons (Fsp3) is 0.429. The quantitative estimate of drug-likeness (QED) is 0.547. The van der Waals surface area contributed by atoms with Crippen molar-refractivity contribution in [2.45, 2.75) is 0 Å². The van der Waals surface area contributed by atoms with Crippen molar-refractivity contribution in [3.8, 4) is 0 Å². The highest BCUT2D eigenvalue weighted by Crippen LogP contribution is 2.22. The zero-order valence-corrected chi connectivity index (χ0v) is 12.6. The van der Waals surface area contributed by atoms with Crippen molar-refractivity contribution in [3.05, 3.63) is 34.4 Å². The molecule has 1 heterocycles. The average molecular weight is 321 g/mol. The summed E-state index contributed by atoms with van der Waals surface area (Å²) in [6.07, 6.45) is 0. The monoisotopic (exact) mass is 321 g/mol. The van der Waals surface area contributed by atoms with Crippen molar-refractivity contribution in [2.24, 2.45) is 5.73 Å². The molecule has 2 rings (SSSR count). The van der Waals surface area contributed by atoms with Crippen molar-refractivity contribution in [1.82, 2.24) is 10.2 Å². The molecule has 0 aromatic heterocycles. The number of hydrogen-bond donors (Lipinski definition) is 2. The van der Waals surface area contributed by atoms with Gasteiger partial charge >= 0.3 is 0 Å². The Labute approximate surface area is 133 Å². The van der Waals surface area contributed by atoms with Gasteiger partial charge in [-0.3, -0.25) is 19.7 Å². The molecule has 9 nitrogen and oxygen atoms in total. The van der Waals surface area contributed by atoms with E-state index in [1.807, 2.05) is 11.0 Å². The van der Waals surface area contributed by atoms with Gasteiger partial charge in [0.1, 0.15) is 0 Å². The predicted molar refractivity (Wildman–Crippen MR) is 84.0 cm³/mol. The normalized spacial score (nSPS) is 14.5. The molecular formula is C14H19N5O4. The molecule has 124 valence electrons. The summed E-state index contributed by atoms with van der Waals surface area (Å²) in [7, 11) is 0. The summed E-state index contributed by atoms with van der Waals surface area (Å²) in [4.78, 5) is 37.1. The van der Waals surface area contributed by atoms with Crippen LogP contribution in [-0.2, 0) is 9.59 Å². The molecule has 0 saturated carbocycles. The summed E-state index contributed by atoms with van der Waals surface area (Å²) in [6, 6.07) is 6.43. The number of nitro benzene ring substituents is 1. The third-order valence-electron chi connectivity index (χ3n) is 3.66. The van der Waals surface area contributed by atoms with Crippen LogP contribution in [0.15, 0.2) is 24.3 Å². The van der Waals surface area contributed by atoms with Gasteiger partial charge in [-0.2, -0.15) is 0 Å². The van der Waals surface area contributed by atoms with E-state index in [4.69, 9.17) is 5.73 Å². The summed E-state index contributed by atoms with van der Waals surface area (Å²) in [5, 5.41) is 13.3. The lowest BCUT2D eigenvalue weighted by molar-refractivity contribution is -0.384. The van der Waals surface area contributed by atoms with E-state index < -0.39 is 4.92 Å². The van der Waals surface area contributed by atoms with Crippen molar-refractivity contribution in [2.75, 3.05) is 44.2 Å². The SMILES string of the molecule is NCC(=O)NCC(=O)N1CCN(c2cccc([N+](=O)[O-])c2)CC1. The number of nitro groups is 1. The van der Waals surface area contributed by atoms with Crippen LogP contribution in [-0.4, -0.2) is 60.9 Å². The Hall–Kier alpha value is -2.68. The molecule has 1 fully saturated rings. The molecule has 3 N–H and O–H groups in total. The Morgan fingerprint density at radius 2 is 1.96 bits per heavy atom. The molecule has 1 aliphatic heterocycles. The van der Waals surface area contributed by atoms with E-state index in [2.05, 4.69) is 5.32 Å². The second kappa shape index (κ2) is 7.54. The summed E-state index contributed by atoms with van der Waals surface area (Å²) in [5.41, 5.74) is 5.97. The van der Waals surface area contributed by atoms with Gasteiger partial charge in [-0.05, 0) is 6.07 Å². The van der Waals surface area contributed by atoms with E-state index in [0.29, 0.717) is 26.2 Å². The van der Waals surface area contributed by atoms with Crippen LogP contribution in [0.25, 0.3) is 0 Å². The van der Waals surface area contributed by atoms with E-state index in [1.54, 1.807) is 11.0 Å². The van der Waals surface area contributed by atoms with Crippen LogP contribution < -0.4 is 16.0 Å². The van der Waals surface area contributed by atoms with Crippen LogP contribution in [0, 0.1) is 10.1 Å². The van der Waals surface area contributed by atoms with Crippen molar-refractivity contribution < 1.29 is 14.5 Å². The molecule has 1 aromatic carbocycles. The topological polar surface area (TPSA) is 122 Å². The van der Waals surface area contributed by atoms with E-state index in [9.17, 15) is 19.7 Å². The van der Waals surface area contributed by atoms with Gasteiger partial charge in [-0.25, -0.2) is 0 Å². The Morgan fingerprint density at radius 1 is 1.26 bits per heavy atom. The van der Waals surface area contributed by atoms with Gasteiger partial charge in [0.15, 0.2) is 0 Å². The number of non-ortho nitro benzene ring substituents is 1. The molecule has 0 aliphatic carbocycles. The van der Waals surface area contributed by atoms with Crippen LogP contribution in [0.1, 0.15) is 0 Å². The smallest absolute Gasteiger partial charge is 0.271 e. The lowest BCUT2D eigenvalue weighted by Crippen LogP contribution is -2.51. The number of nitrogens with two attached hydrogens (primary N) is 1. The van der Waals surface area contributed by atoms with E-state index in [1.165, 1.54) is 12.1 Å². The third-order valence-corrected chi connectivity index (χ3v) is 3.66. The van der Waals surface area contributed by atoms with Crippen LogP contribution in [0.4, 0.5) is 11.4 Å².